The molecule has 140 valence electrons. The van der Waals surface area contributed by atoms with Gasteiger partial charge in [0.25, 0.3) is 0 Å². The maximum Gasteiger partial charge on any atom is 0.304 e. The first-order chi connectivity index (χ1) is 12.1. The molecular formula is C18H22FN3O3S. The fraction of sp³-hybridized carbons (Fsp3) is 0.278. The monoisotopic (exact) mass is 379 g/mol. The molecule has 0 aliphatic heterocycles. The van der Waals surface area contributed by atoms with Gasteiger partial charge in [0.1, 0.15) is 12.4 Å². The standard InChI is InChI=1S/C18H22FN3O3S/c1-13-9-10-14(2)17(11-13)22(26(24,25)21(3)4)12-18(23)20-16-8-6-5-7-15(16)19/h5-11H,12H2,1-4H3,(H,20,23). The highest BCUT2D eigenvalue weighted by Gasteiger charge is 2.28. The van der Waals surface area contributed by atoms with Gasteiger partial charge in [-0.25, -0.2) is 8.70 Å². The Morgan fingerprint density at radius 1 is 1.12 bits per heavy atom. The van der Waals surface area contributed by atoms with E-state index in [0.717, 1.165) is 14.2 Å². The smallest absolute Gasteiger partial charge is 0.304 e. The molecular weight excluding hydrogens is 357 g/mol. The number of carbonyl (C=O) groups is 1. The molecule has 0 spiro atoms. The summed E-state index contributed by atoms with van der Waals surface area (Å²) in [6.07, 6.45) is 0. The summed E-state index contributed by atoms with van der Waals surface area (Å²) < 4.78 is 41.3. The lowest BCUT2D eigenvalue weighted by molar-refractivity contribution is -0.114. The highest BCUT2D eigenvalue weighted by molar-refractivity contribution is 7.90. The largest absolute Gasteiger partial charge is 0.322 e. The van der Waals surface area contributed by atoms with E-state index in [0.29, 0.717) is 11.3 Å². The van der Waals surface area contributed by atoms with Crippen molar-refractivity contribution in [3.05, 3.63) is 59.4 Å². The molecule has 2 rings (SSSR count). The van der Waals surface area contributed by atoms with Gasteiger partial charge in [0.2, 0.25) is 5.91 Å². The number of nitrogens with zero attached hydrogens (tertiary/aromatic N) is 2. The third-order valence-corrected chi connectivity index (χ3v) is 5.61. The molecule has 0 heterocycles. The quantitative estimate of drug-likeness (QED) is 0.839. The Morgan fingerprint density at radius 2 is 1.77 bits per heavy atom. The number of benzene rings is 2. The van der Waals surface area contributed by atoms with Crippen LogP contribution in [-0.4, -0.2) is 39.3 Å². The van der Waals surface area contributed by atoms with Crippen molar-refractivity contribution in [1.82, 2.24) is 4.31 Å². The van der Waals surface area contributed by atoms with E-state index in [1.54, 1.807) is 25.1 Å². The number of hydrogen-bond donors (Lipinski definition) is 1. The zero-order valence-corrected chi connectivity index (χ0v) is 16.0. The van der Waals surface area contributed by atoms with E-state index in [2.05, 4.69) is 5.32 Å². The minimum atomic E-state index is -3.92. The Bertz CT molecular complexity index is 914. The lowest BCUT2D eigenvalue weighted by Gasteiger charge is -2.28. The topological polar surface area (TPSA) is 69.7 Å². The van der Waals surface area contributed by atoms with Gasteiger partial charge < -0.3 is 5.32 Å². The number of nitrogens with one attached hydrogen (secondary N) is 1. The van der Waals surface area contributed by atoms with Gasteiger partial charge in [-0.15, -0.1) is 0 Å². The molecule has 8 heteroatoms. The second kappa shape index (κ2) is 7.84. The van der Waals surface area contributed by atoms with E-state index in [9.17, 15) is 17.6 Å². The number of anilines is 2. The van der Waals surface area contributed by atoms with Gasteiger partial charge in [0.15, 0.2) is 0 Å². The fourth-order valence-corrected chi connectivity index (χ4v) is 3.48. The molecule has 0 atom stereocenters. The molecule has 0 fully saturated rings. The molecule has 0 aromatic heterocycles. The zero-order chi connectivity index (χ0) is 19.5. The van der Waals surface area contributed by atoms with Crippen LogP contribution < -0.4 is 9.62 Å². The van der Waals surface area contributed by atoms with E-state index in [-0.39, 0.29) is 5.69 Å². The van der Waals surface area contributed by atoms with Gasteiger partial charge in [0, 0.05) is 14.1 Å². The molecule has 1 amide bonds. The van der Waals surface area contributed by atoms with Crippen LogP contribution in [0.25, 0.3) is 0 Å². The second-order valence-corrected chi connectivity index (χ2v) is 8.18. The number of halogens is 1. The molecule has 0 aliphatic carbocycles. The molecule has 0 bridgehead atoms. The summed E-state index contributed by atoms with van der Waals surface area (Å²) in [5, 5.41) is 2.42. The molecule has 0 saturated heterocycles. The van der Waals surface area contributed by atoms with Crippen molar-refractivity contribution in [2.24, 2.45) is 0 Å². The number of amides is 1. The van der Waals surface area contributed by atoms with Gasteiger partial charge >= 0.3 is 10.2 Å². The number of hydrogen-bond acceptors (Lipinski definition) is 3. The molecule has 26 heavy (non-hydrogen) atoms. The van der Waals surface area contributed by atoms with Crippen LogP contribution in [0.2, 0.25) is 0 Å². The average Bonchev–Trinajstić information content (AvgIpc) is 2.57. The van der Waals surface area contributed by atoms with Gasteiger partial charge in [-0.3, -0.25) is 4.79 Å². The Kier molecular flexibility index (Phi) is 5.99. The van der Waals surface area contributed by atoms with Crippen LogP contribution in [0.15, 0.2) is 42.5 Å². The maximum atomic E-state index is 13.7. The highest BCUT2D eigenvalue weighted by Crippen LogP contribution is 2.25. The first-order valence-corrected chi connectivity index (χ1v) is 9.34. The summed E-state index contributed by atoms with van der Waals surface area (Å²) >= 11 is 0. The van der Waals surface area contributed by atoms with Gasteiger partial charge in [-0.1, -0.05) is 24.3 Å². The number of para-hydroxylation sites is 1. The predicted molar refractivity (Wildman–Crippen MR) is 101 cm³/mol. The molecule has 6 nitrogen and oxygen atoms in total. The molecule has 0 radical (unpaired) electrons. The van der Waals surface area contributed by atoms with E-state index in [1.807, 2.05) is 13.0 Å². The van der Waals surface area contributed by atoms with Crippen LogP contribution in [0.3, 0.4) is 0 Å². The minimum Gasteiger partial charge on any atom is -0.322 e. The summed E-state index contributed by atoms with van der Waals surface area (Å²) in [6, 6.07) is 11.1. The lowest BCUT2D eigenvalue weighted by atomic mass is 10.1. The van der Waals surface area contributed by atoms with Crippen molar-refractivity contribution >= 4 is 27.5 Å². The summed E-state index contributed by atoms with van der Waals surface area (Å²) in [5.41, 5.74) is 1.97. The fourth-order valence-electron chi connectivity index (χ4n) is 2.36. The van der Waals surface area contributed by atoms with Crippen LogP contribution in [0.4, 0.5) is 15.8 Å². The second-order valence-electron chi connectivity index (χ2n) is 6.11. The molecule has 0 saturated carbocycles. The molecule has 2 aromatic carbocycles. The molecule has 2 aromatic rings. The summed E-state index contributed by atoms with van der Waals surface area (Å²) in [4.78, 5) is 12.4. The first kappa shape index (κ1) is 19.9. The Morgan fingerprint density at radius 3 is 2.38 bits per heavy atom. The number of rotatable bonds is 6. The Labute approximate surface area is 153 Å². The summed E-state index contributed by atoms with van der Waals surface area (Å²) in [7, 11) is -1.13. The zero-order valence-electron chi connectivity index (χ0n) is 15.2. The van der Waals surface area contributed by atoms with Gasteiger partial charge in [-0.2, -0.15) is 12.7 Å². The summed E-state index contributed by atoms with van der Waals surface area (Å²) in [6.45, 7) is 3.13. The summed E-state index contributed by atoms with van der Waals surface area (Å²) in [5.74, 6) is -1.23. The van der Waals surface area contributed by atoms with Crippen molar-refractivity contribution < 1.29 is 17.6 Å². The SMILES string of the molecule is Cc1ccc(C)c(N(CC(=O)Nc2ccccc2F)S(=O)(=O)N(C)C)c1. The van der Waals surface area contributed by atoms with E-state index >= 15 is 0 Å². The third-order valence-electron chi connectivity index (χ3n) is 3.81. The molecule has 0 aliphatic rings. The van der Waals surface area contributed by atoms with Crippen LogP contribution in [-0.2, 0) is 15.0 Å². The van der Waals surface area contributed by atoms with Crippen LogP contribution in [0.5, 0.6) is 0 Å². The predicted octanol–water partition coefficient (Wildman–Crippen LogP) is 2.69. The van der Waals surface area contributed by atoms with Crippen molar-refractivity contribution in [2.75, 3.05) is 30.3 Å². The molecule has 0 unspecified atom stereocenters. The van der Waals surface area contributed by atoms with Crippen molar-refractivity contribution in [3.8, 4) is 0 Å². The molecule has 1 N–H and O–H groups in total. The Balaban J connectivity index is 2.38. The number of carbonyl (C=O) groups excluding carboxylic acids is 1. The number of aryl methyl sites for hydroxylation is 2. The maximum absolute atomic E-state index is 13.7. The van der Waals surface area contributed by atoms with Crippen molar-refractivity contribution in [3.63, 3.8) is 0 Å². The van der Waals surface area contributed by atoms with Crippen molar-refractivity contribution in [1.29, 1.82) is 0 Å². The highest BCUT2D eigenvalue weighted by atomic mass is 32.2. The lowest BCUT2D eigenvalue weighted by Crippen LogP contribution is -2.44. The van der Waals surface area contributed by atoms with E-state index in [1.165, 1.54) is 32.3 Å². The Hall–Kier alpha value is -2.45. The van der Waals surface area contributed by atoms with Crippen LogP contribution in [0.1, 0.15) is 11.1 Å². The van der Waals surface area contributed by atoms with Gasteiger partial charge in [-0.05, 0) is 43.2 Å². The van der Waals surface area contributed by atoms with Gasteiger partial charge in [0.05, 0.1) is 11.4 Å². The van der Waals surface area contributed by atoms with Crippen LogP contribution >= 0.6 is 0 Å². The average molecular weight is 379 g/mol. The third kappa shape index (κ3) is 4.39. The normalized spacial score (nSPS) is 11.5. The first-order valence-electron chi connectivity index (χ1n) is 7.94. The van der Waals surface area contributed by atoms with Crippen molar-refractivity contribution in [2.45, 2.75) is 13.8 Å². The minimum absolute atomic E-state index is 0.000616. The van der Waals surface area contributed by atoms with E-state index < -0.39 is 28.5 Å². The van der Waals surface area contributed by atoms with E-state index in [4.69, 9.17) is 0 Å². The van der Waals surface area contributed by atoms with Crippen LogP contribution in [0, 0.1) is 19.7 Å².